The number of nitrogens with two attached hydrogens (primary N) is 1. The van der Waals surface area contributed by atoms with Gasteiger partial charge in [-0.3, -0.25) is 4.98 Å². The third-order valence-corrected chi connectivity index (χ3v) is 2.44. The van der Waals surface area contributed by atoms with Crippen LogP contribution in [0.3, 0.4) is 0 Å². The van der Waals surface area contributed by atoms with E-state index in [-0.39, 0.29) is 0 Å². The third-order valence-electron chi connectivity index (χ3n) is 2.44. The second-order valence-electron chi connectivity index (χ2n) is 3.61. The zero-order valence-electron chi connectivity index (χ0n) is 9.26. The number of nitrogens with zero attached hydrogens (tertiary/aromatic N) is 2. The maximum atomic E-state index is 5.65. The fourth-order valence-corrected chi connectivity index (χ4v) is 1.66. The van der Waals surface area contributed by atoms with Crippen molar-refractivity contribution in [2.75, 3.05) is 11.9 Å². The first-order chi connectivity index (χ1) is 7.81. The lowest BCUT2D eigenvalue weighted by Crippen LogP contribution is -2.19. The van der Waals surface area contributed by atoms with Gasteiger partial charge in [0.05, 0.1) is 24.2 Å². The predicted molar refractivity (Wildman–Crippen MR) is 62.9 cm³/mol. The van der Waals surface area contributed by atoms with Crippen molar-refractivity contribution < 1.29 is 4.42 Å². The summed E-state index contributed by atoms with van der Waals surface area (Å²) in [6.45, 7) is 1.16. The summed E-state index contributed by atoms with van der Waals surface area (Å²) in [5.74, 6) is 0.925. The fourth-order valence-electron chi connectivity index (χ4n) is 1.66. The molecule has 0 aromatic carbocycles. The molecule has 0 fully saturated rings. The van der Waals surface area contributed by atoms with Gasteiger partial charge in [0.15, 0.2) is 0 Å². The van der Waals surface area contributed by atoms with Crippen LogP contribution in [-0.4, -0.2) is 12.0 Å². The highest BCUT2D eigenvalue weighted by atomic mass is 16.3. The van der Waals surface area contributed by atoms with Gasteiger partial charge in [-0.1, -0.05) is 0 Å². The maximum Gasteiger partial charge on any atom is 0.123 e. The van der Waals surface area contributed by atoms with E-state index in [2.05, 4.69) is 9.88 Å². The molecule has 0 unspecified atom stereocenters. The minimum atomic E-state index is 0.443. The van der Waals surface area contributed by atoms with Crippen LogP contribution in [0.15, 0.2) is 41.1 Å². The van der Waals surface area contributed by atoms with Crippen molar-refractivity contribution in [3.63, 3.8) is 0 Å². The van der Waals surface area contributed by atoms with Gasteiger partial charge in [0.2, 0.25) is 0 Å². The number of hydrogen-bond acceptors (Lipinski definition) is 4. The molecule has 2 aromatic heterocycles. The van der Waals surface area contributed by atoms with Crippen molar-refractivity contribution in [2.45, 2.75) is 13.1 Å². The summed E-state index contributed by atoms with van der Waals surface area (Å²) in [5, 5.41) is 0. The topological polar surface area (TPSA) is 55.3 Å². The SMILES string of the molecule is CN(Cc1ccco1)c1cccnc1CN. The zero-order valence-corrected chi connectivity index (χ0v) is 9.26. The van der Waals surface area contributed by atoms with Crippen molar-refractivity contribution in [2.24, 2.45) is 5.73 Å². The normalized spacial score (nSPS) is 10.4. The number of rotatable bonds is 4. The fraction of sp³-hybridized carbons (Fsp3) is 0.250. The van der Waals surface area contributed by atoms with Crippen molar-refractivity contribution >= 4 is 5.69 Å². The van der Waals surface area contributed by atoms with Gasteiger partial charge < -0.3 is 15.1 Å². The van der Waals surface area contributed by atoms with Crippen molar-refractivity contribution in [1.82, 2.24) is 4.98 Å². The van der Waals surface area contributed by atoms with E-state index >= 15 is 0 Å². The molecule has 0 saturated heterocycles. The average Bonchev–Trinajstić information content (AvgIpc) is 2.81. The highest BCUT2D eigenvalue weighted by Gasteiger charge is 2.08. The number of aromatic nitrogens is 1. The molecule has 4 nitrogen and oxygen atoms in total. The molecule has 84 valence electrons. The Morgan fingerprint density at radius 1 is 1.38 bits per heavy atom. The second-order valence-corrected chi connectivity index (χ2v) is 3.61. The zero-order chi connectivity index (χ0) is 11.4. The molecule has 0 atom stereocenters. The highest BCUT2D eigenvalue weighted by Crippen LogP contribution is 2.18. The average molecular weight is 217 g/mol. The van der Waals surface area contributed by atoms with E-state index in [1.165, 1.54) is 0 Å². The Bertz CT molecular complexity index is 439. The molecule has 0 bridgehead atoms. The number of pyridine rings is 1. The Labute approximate surface area is 94.7 Å². The molecule has 0 saturated carbocycles. The summed E-state index contributed by atoms with van der Waals surface area (Å²) in [6, 6.07) is 7.76. The quantitative estimate of drug-likeness (QED) is 0.848. The van der Waals surface area contributed by atoms with Crippen molar-refractivity contribution in [3.05, 3.63) is 48.2 Å². The van der Waals surface area contributed by atoms with E-state index < -0.39 is 0 Å². The molecule has 2 N–H and O–H groups in total. The Morgan fingerprint density at radius 2 is 2.25 bits per heavy atom. The van der Waals surface area contributed by atoms with Crippen LogP contribution in [0, 0.1) is 0 Å². The molecular formula is C12H15N3O. The van der Waals surface area contributed by atoms with Crippen LogP contribution >= 0.6 is 0 Å². The minimum Gasteiger partial charge on any atom is -0.467 e. The van der Waals surface area contributed by atoms with E-state index in [0.29, 0.717) is 13.1 Å². The molecule has 0 aliphatic heterocycles. The Kier molecular flexibility index (Phi) is 3.22. The minimum absolute atomic E-state index is 0.443. The van der Waals surface area contributed by atoms with Crippen molar-refractivity contribution in [3.8, 4) is 0 Å². The molecule has 0 spiro atoms. The monoisotopic (exact) mass is 217 g/mol. The van der Waals surface area contributed by atoms with Gasteiger partial charge in [0.1, 0.15) is 5.76 Å². The van der Waals surface area contributed by atoms with Gasteiger partial charge in [0, 0.05) is 19.8 Å². The summed E-state index contributed by atoms with van der Waals surface area (Å²) in [7, 11) is 2.00. The molecule has 0 aliphatic rings. The lowest BCUT2D eigenvalue weighted by atomic mass is 10.2. The highest BCUT2D eigenvalue weighted by molar-refractivity contribution is 5.49. The first kappa shape index (κ1) is 10.7. The molecule has 0 aliphatic carbocycles. The Morgan fingerprint density at radius 3 is 2.94 bits per heavy atom. The summed E-state index contributed by atoms with van der Waals surface area (Å²) in [4.78, 5) is 6.33. The first-order valence-corrected chi connectivity index (χ1v) is 5.18. The summed E-state index contributed by atoms with van der Waals surface area (Å²) in [5.41, 5.74) is 7.59. The molecule has 2 heterocycles. The van der Waals surface area contributed by atoms with Gasteiger partial charge in [-0.15, -0.1) is 0 Å². The van der Waals surface area contributed by atoms with E-state index in [1.807, 2.05) is 31.3 Å². The third kappa shape index (κ3) is 2.23. The molecule has 4 heteroatoms. The molecule has 2 aromatic rings. The number of hydrogen-bond donors (Lipinski definition) is 1. The summed E-state index contributed by atoms with van der Waals surface area (Å²) >= 11 is 0. The van der Waals surface area contributed by atoms with Crippen LogP contribution in [0.5, 0.6) is 0 Å². The van der Waals surface area contributed by atoms with E-state index in [4.69, 9.17) is 10.2 Å². The number of furan rings is 1. The maximum absolute atomic E-state index is 5.65. The smallest absolute Gasteiger partial charge is 0.123 e. The lowest BCUT2D eigenvalue weighted by molar-refractivity contribution is 0.507. The van der Waals surface area contributed by atoms with E-state index in [9.17, 15) is 0 Å². The van der Waals surface area contributed by atoms with Crippen LogP contribution in [0.2, 0.25) is 0 Å². The molecule has 0 radical (unpaired) electrons. The first-order valence-electron chi connectivity index (χ1n) is 5.18. The van der Waals surface area contributed by atoms with Gasteiger partial charge in [-0.2, -0.15) is 0 Å². The summed E-state index contributed by atoms with van der Waals surface area (Å²) in [6.07, 6.45) is 3.43. The van der Waals surface area contributed by atoms with Crippen molar-refractivity contribution in [1.29, 1.82) is 0 Å². The largest absolute Gasteiger partial charge is 0.467 e. The van der Waals surface area contributed by atoms with E-state index in [1.54, 1.807) is 12.5 Å². The second kappa shape index (κ2) is 4.81. The predicted octanol–water partition coefficient (Wildman–Crippen LogP) is 1.77. The van der Waals surface area contributed by atoms with E-state index in [0.717, 1.165) is 17.1 Å². The van der Waals surface area contributed by atoms with Gasteiger partial charge >= 0.3 is 0 Å². The molecule has 2 rings (SSSR count). The van der Waals surface area contributed by atoms with Crippen LogP contribution in [0.25, 0.3) is 0 Å². The molecule has 0 amide bonds. The van der Waals surface area contributed by atoms with Crippen LogP contribution in [0.4, 0.5) is 5.69 Å². The van der Waals surface area contributed by atoms with Gasteiger partial charge in [-0.25, -0.2) is 0 Å². The lowest BCUT2D eigenvalue weighted by Gasteiger charge is -2.20. The molecular weight excluding hydrogens is 202 g/mol. The Balaban J connectivity index is 2.17. The standard InChI is InChI=1S/C12H15N3O/c1-15(9-10-4-3-7-16-10)12-5-2-6-14-11(12)8-13/h2-7H,8-9,13H2,1H3. The van der Waals surface area contributed by atoms with Crippen LogP contribution < -0.4 is 10.6 Å². The molecule has 16 heavy (non-hydrogen) atoms. The summed E-state index contributed by atoms with van der Waals surface area (Å²) < 4.78 is 5.31. The van der Waals surface area contributed by atoms with Gasteiger partial charge in [-0.05, 0) is 24.3 Å². The van der Waals surface area contributed by atoms with Crippen LogP contribution in [-0.2, 0) is 13.1 Å². The van der Waals surface area contributed by atoms with Gasteiger partial charge in [0.25, 0.3) is 0 Å². The van der Waals surface area contributed by atoms with Crippen LogP contribution in [0.1, 0.15) is 11.5 Å². The Hall–Kier alpha value is -1.81. The number of anilines is 1.